The number of phenolic OH excluding ortho intramolecular Hbond substituents is 4. The number of hydrogen-bond donors (Lipinski definition) is 5. The van der Waals surface area contributed by atoms with Crippen molar-refractivity contribution in [2.24, 2.45) is 0 Å². The number of ether oxygens (including phenoxy) is 1. The number of phenols is 4. The lowest BCUT2D eigenvalue weighted by Crippen LogP contribution is -2.11. The number of methoxy groups -OCH3 is 1. The van der Waals surface area contributed by atoms with Crippen LogP contribution in [0.1, 0.15) is 156 Å². The molecule has 4 aliphatic carbocycles. The van der Waals surface area contributed by atoms with E-state index in [1.807, 2.05) is 0 Å². The second-order valence-corrected chi connectivity index (χ2v) is 12.9. The van der Waals surface area contributed by atoms with E-state index in [0.717, 1.165) is 83.5 Å². The molecule has 4 bridgehead atoms. The minimum absolute atomic E-state index is 0.0156. The first-order chi connectivity index (χ1) is 20.2. The minimum Gasteiger partial charge on any atom is -0.508 e. The molecule has 6 nitrogen and oxygen atoms in total. The summed E-state index contributed by atoms with van der Waals surface area (Å²) in [6.45, 7) is 4.27. The molecule has 0 amide bonds. The first-order valence-corrected chi connectivity index (χ1v) is 16.6. The van der Waals surface area contributed by atoms with Crippen molar-refractivity contribution in [3.63, 3.8) is 0 Å². The van der Waals surface area contributed by atoms with Gasteiger partial charge in [-0.15, -0.1) is 11.6 Å². The van der Waals surface area contributed by atoms with Crippen molar-refractivity contribution in [1.82, 2.24) is 0 Å². The molecule has 5 atom stereocenters. The van der Waals surface area contributed by atoms with Crippen LogP contribution in [0.2, 0.25) is 0 Å². The SMILES string of the molecule is CCCC[C@H]1CCCCC[C@@H](O)c2cc(O)c(c(O)c2)[C@@H](CCCC)CCC[C@@H](Cl)C[C@@H](OC)c2cc(O)c1c(O)c2. The summed E-state index contributed by atoms with van der Waals surface area (Å²) < 4.78 is 5.78. The second-order valence-electron chi connectivity index (χ2n) is 12.3. The molecule has 42 heavy (non-hydrogen) atoms. The Bertz CT molecular complexity index is 1060. The first kappa shape index (κ1) is 34.3. The van der Waals surface area contributed by atoms with Crippen molar-refractivity contribution >= 4 is 11.6 Å². The molecule has 0 spiro atoms. The highest BCUT2D eigenvalue weighted by atomic mass is 35.5. The predicted molar refractivity (Wildman–Crippen MR) is 170 cm³/mol. The van der Waals surface area contributed by atoms with Gasteiger partial charge in [-0.3, -0.25) is 0 Å². The van der Waals surface area contributed by atoms with Gasteiger partial charge in [0.1, 0.15) is 23.0 Å². The minimum atomic E-state index is -0.773. The number of alkyl halides is 1. The van der Waals surface area contributed by atoms with E-state index in [0.29, 0.717) is 35.1 Å². The summed E-state index contributed by atoms with van der Waals surface area (Å²) in [5.41, 5.74) is 2.41. The highest BCUT2D eigenvalue weighted by Gasteiger charge is 2.26. The van der Waals surface area contributed by atoms with Crippen molar-refractivity contribution < 1.29 is 30.3 Å². The molecule has 0 heterocycles. The number of halogens is 1. The van der Waals surface area contributed by atoms with Gasteiger partial charge in [0.05, 0.1) is 12.2 Å². The van der Waals surface area contributed by atoms with Gasteiger partial charge in [0.2, 0.25) is 0 Å². The molecule has 2 aromatic carbocycles. The maximum atomic E-state index is 11.1. The molecule has 0 unspecified atom stereocenters. The van der Waals surface area contributed by atoms with E-state index >= 15 is 0 Å². The molecule has 2 aromatic rings. The van der Waals surface area contributed by atoms with Gasteiger partial charge in [0.25, 0.3) is 0 Å². The lowest BCUT2D eigenvalue weighted by atomic mass is 9.85. The largest absolute Gasteiger partial charge is 0.508 e. The summed E-state index contributed by atoms with van der Waals surface area (Å²) in [4.78, 5) is 0. The number of hydrogen-bond acceptors (Lipinski definition) is 6. The van der Waals surface area contributed by atoms with Crippen molar-refractivity contribution in [2.45, 2.75) is 140 Å². The standard InChI is InChI=1S/C35H53ClO6/c1-4-6-12-23-14-9-8-10-17-28(37)25-18-29(38)35(30(39)19-25)24(13-7-5-2)15-11-16-27(36)22-33(42-3)26-20-31(40)34(23)32(41)21-26/h18-21,23-24,27-28,33,37-41H,4-17,22H2,1-3H3/t23-,24-,27+,28+,33+/m0/s1. The molecule has 0 fully saturated rings. The molecule has 0 aromatic heterocycles. The van der Waals surface area contributed by atoms with Gasteiger partial charge in [0, 0.05) is 23.6 Å². The molecule has 6 rings (SSSR count). The fourth-order valence-corrected chi connectivity index (χ4v) is 6.96. The monoisotopic (exact) mass is 604 g/mol. The van der Waals surface area contributed by atoms with Gasteiger partial charge in [-0.2, -0.15) is 0 Å². The number of rotatable bonds is 7. The highest BCUT2D eigenvalue weighted by molar-refractivity contribution is 6.20. The van der Waals surface area contributed by atoms with Crippen molar-refractivity contribution in [3.05, 3.63) is 46.5 Å². The third-order valence-corrected chi connectivity index (χ3v) is 9.45. The fourth-order valence-electron chi connectivity index (χ4n) is 6.65. The van der Waals surface area contributed by atoms with Crippen molar-refractivity contribution in [3.8, 4) is 23.0 Å². The summed E-state index contributed by atoms with van der Waals surface area (Å²) in [6.07, 6.45) is 11.3. The van der Waals surface area contributed by atoms with Crippen LogP contribution in [-0.2, 0) is 4.74 Å². The normalized spacial score (nSPS) is 24.7. The molecule has 5 N–H and O–H groups in total. The fraction of sp³-hybridized carbons (Fsp3) is 0.657. The van der Waals surface area contributed by atoms with Crippen LogP contribution < -0.4 is 0 Å². The summed E-state index contributed by atoms with van der Waals surface area (Å²) in [7, 11) is 1.62. The molecular weight excluding hydrogens is 552 g/mol. The van der Waals surface area contributed by atoms with E-state index in [-0.39, 0.29) is 46.3 Å². The quantitative estimate of drug-likeness (QED) is 0.201. The zero-order valence-corrected chi connectivity index (χ0v) is 26.6. The molecule has 236 valence electrons. The van der Waals surface area contributed by atoms with Crippen LogP contribution in [0.5, 0.6) is 23.0 Å². The Hall–Kier alpha value is -2.15. The Morgan fingerprint density at radius 2 is 1.17 bits per heavy atom. The third-order valence-electron chi connectivity index (χ3n) is 9.06. The van der Waals surface area contributed by atoms with Crippen LogP contribution in [0, 0.1) is 0 Å². The van der Waals surface area contributed by atoms with E-state index < -0.39 is 6.10 Å². The average molecular weight is 605 g/mol. The van der Waals surface area contributed by atoms with E-state index in [1.165, 1.54) is 0 Å². The first-order valence-electron chi connectivity index (χ1n) is 16.2. The average Bonchev–Trinajstić information content (AvgIpc) is 2.94. The number of aromatic hydroxyl groups is 4. The Balaban J connectivity index is 1.91. The molecule has 4 aliphatic rings. The summed E-state index contributed by atoms with van der Waals surface area (Å²) in [6, 6.07) is 6.69. The molecule has 0 aliphatic heterocycles. The van der Waals surface area contributed by atoms with Crippen LogP contribution in [0.25, 0.3) is 0 Å². The van der Waals surface area contributed by atoms with Crippen LogP contribution in [0.3, 0.4) is 0 Å². The van der Waals surface area contributed by atoms with Crippen LogP contribution in [0.15, 0.2) is 24.3 Å². The maximum absolute atomic E-state index is 11.1. The Kier molecular flexibility index (Phi) is 14.1. The number of aliphatic hydroxyl groups excluding tert-OH is 1. The molecule has 0 radical (unpaired) electrons. The zero-order chi connectivity index (χ0) is 30.6. The Morgan fingerprint density at radius 1 is 0.690 bits per heavy atom. The van der Waals surface area contributed by atoms with Gasteiger partial charge >= 0.3 is 0 Å². The second kappa shape index (κ2) is 17.2. The van der Waals surface area contributed by atoms with Gasteiger partial charge < -0.3 is 30.3 Å². The molecule has 7 heteroatoms. The van der Waals surface area contributed by atoms with Gasteiger partial charge in [-0.1, -0.05) is 65.2 Å². The van der Waals surface area contributed by atoms with E-state index in [9.17, 15) is 25.5 Å². The predicted octanol–water partition coefficient (Wildman–Crippen LogP) is 9.61. The Labute approximate surface area is 257 Å². The summed E-state index contributed by atoms with van der Waals surface area (Å²) in [5, 5.41) is 54.9. The summed E-state index contributed by atoms with van der Waals surface area (Å²) >= 11 is 6.81. The molecular formula is C35H53ClO6. The van der Waals surface area contributed by atoms with E-state index in [1.54, 1.807) is 31.4 Å². The third kappa shape index (κ3) is 9.42. The van der Waals surface area contributed by atoms with E-state index in [2.05, 4.69) is 13.8 Å². The number of benzene rings is 2. The number of aliphatic hydroxyl groups is 1. The lowest BCUT2D eigenvalue weighted by molar-refractivity contribution is 0.0935. The molecule has 0 saturated heterocycles. The van der Waals surface area contributed by atoms with Gasteiger partial charge in [-0.25, -0.2) is 0 Å². The van der Waals surface area contributed by atoms with Crippen molar-refractivity contribution in [1.29, 1.82) is 0 Å². The van der Waals surface area contributed by atoms with Crippen molar-refractivity contribution in [2.75, 3.05) is 7.11 Å². The van der Waals surface area contributed by atoms with Gasteiger partial charge in [0.15, 0.2) is 0 Å². The zero-order valence-electron chi connectivity index (χ0n) is 25.8. The van der Waals surface area contributed by atoms with E-state index in [4.69, 9.17) is 16.3 Å². The van der Waals surface area contributed by atoms with Crippen LogP contribution in [-0.4, -0.2) is 38.0 Å². The number of unbranched alkanes of at least 4 members (excludes halogenated alkanes) is 2. The topological polar surface area (TPSA) is 110 Å². The molecule has 0 saturated carbocycles. The van der Waals surface area contributed by atoms with Crippen LogP contribution >= 0.6 is 11.6 Å². The maximum Gasteiger partial charge on any atom is 0.123 e. The lowest BCUT2D eigenvalue weighted by Gasteiger charge is -2.24. The smallest absolute Gasteiger partial charge is 0.123 e. The Morgan fingerprint density at radius 3 is 1.67 bits per heavy atom. The summed E-state index contributed by atoms with van der Waals surface area (Å²) in [5.74, 6) is 0.339. The highest BCUT2D eigenvalue weighted by Crippen LogP contribution is 2.44. The van der Waals surface area contributed by atoms with Crippen LogP contribution in [0.4, 0.5) is 0 Å². The van der Waals surface area contributed by atoms with Gasteiger partial charge in [-0.05, 0) is 92.2 Å².